The Kier molecular flexibility index (Phi) is 5.79. The number of amides is 1. The zero-order valence-electron chi connectivity index (χ0n) is 18.7. The zero-order valence-corrected chi connectivity index (χ0v) is 18.7. The minimum atomic E-state index is -0.624. The fourth-order valence-corrected chi connectivity index (χ4v) is 4.59. The predicted molar refractivity (Wildman–Crippen MR) is 130 cm³/mol. The lowest BCUT2D eigenvalue weighted by Crippen LogP contribution is -2.56. The number of halogens is 2. The van der Waals surface area contributed by atoms with Crippen LogP contribution in [-0.2, 0) is 4.79 Å². The molecule has 0 unspecified atom stereocenters. The molecule has 1 atom stereocenters. The van der Waals surface area contributed by atoms with Crippen LogP contribution < -0.4 is 4.90 Å². The SMILES string of the molecule is [C-]#[N+]C[C@H]1CN(c2ncnc3c(F)c(-c4cccc5ccc(F)cc45)ncc23)CCN1C(=O)C=C. The number of pyridine rings is 1. The van der Waals surface area contributed by atoms with Crippen LogP contribution in [0, 0.1) is 18.2 Å². The maximum absolute atomic E-state index is 15.8. The van der Waals surface area contributed by atoms with Gasteiger partial charge in [0.2, 0.25) is 12.5 Å². The number of aromatic nitrogens is 3. The Bertz CT molecular complexity index is 1520. The normalized spacial score (nSPS) is 15.9. The molecule has 4 aromatic rings. The molecule has 7 nitrogen and oxygen atoms in total. The Morgan fingerprint density at radius 3 is 2.83 bits per heavy atom. The summed E-state index contributed by atoms with van der Waals surface area (Å²) in [5, 5.41) is 1.74. The quantitative estimate of drug-likeness (QED) is 0.330. The minimum absolute atomic E-state index is 0.0747. The number of anilines is 1. The predicted octanol–water partition coefficient (Wildman–Crippen LogP) is 4.25. The Labute approximate surface area is 200 Å². The second-order valence-electron chi connectivity index (χ2n) is 8.23. The lowest BCUT2D eigenvalue weighted by Gasteiger charge is -2.39. The number of hydrogen-bond acceptors (Lipinski definition) is 5. The van der Waals surface area contributed by atoms with Crippen LogP contribution in [0.3, 0.4) is 0 Å². The Morgan fingerprint density at radius 1 is 1.17 bits per heavy atom. The van der Waals surface area contributed by atoms with E-state index in [1.807, 2.05) is 11.0 Å². The smallest absolute Gasteiger partial charge is 0.246 e. The van der Waals surface area contributed by atoms with Gasteiger partial charge in [-0.2, -0.15) is 0 Å². The molecule has 5 rings (SSSR count). The largest absolute Gasteiger partial charge is 0.352 e. The number of carbonyl (C=O) groups excluding carboxylic acids is 1. The highest BCUT2D eigenvalue weighted by Crippen LogP contribution is 2.34. The van der Waals surface area contributed by atoms with E-state index in [2.05, 4.69) is 26.4 Å². The molecule has 174 valence electrons. The molecule has 1 aliphatic rings. The summed E-state index contributed by atoms with van der Waals surface area (Å²) in [6, 6.07) is 9.32. The summed E-state index contributed by atoms with van der Waals surface area (Å²) in [6.45, 7) is 12.1. The van der Waals surface area contributed by atoms with Crippen molar-refractivity contribution in [2.75, 3.05) is 31.1 Å². The van der Waals surface area contributed by atoms with Crippen molar-refractivity contribution >= 4 is 33.4 Å². The van der Waals surface area contributed by atoms with E-state index in [-0.39, 0.29) is 29.7 Å². The molecule has 2 aromatic carbocycles. The molecular formula is C26H20F2N6O. The van der Waals surface area contributed by atoms with Gasteiger partial charge in [0, 0.05) is 31.4 Å². The first kappa shape index (κ1) is 22.3. The van der Waals surface area contributed by atoms with Crippen LogP contribution in [0.4, 0.5) is 14.6 Å². The fourth-order valence-electron chi connectivity index (χ4n) is 4.59. The van der Waals surface area contributed by atoms with Crippen LogP contribution >= 0.6 is 0 Å². The van der Waals surface area contributed by atoms with Gasteiger partial charge >= 0.3 is 0 Å². The first-order valence-electron chi connectivity index (χ1n) is 11.0. The second kappa shape index (κ2) is 9.06. The molecule has 1 aliphatic heterocycles. The number of carbonyl (C=O) groups is 1. The van der Waals surface area contributed by atoms with E-state index < -0.39 is 11.6 Å². The number of rotatable bonds is 4. The molecule has 1 amide bonds. The lowest BCUT2D eigenvalue weighted by atomic mass is 10.0. The van der Waals surface area contributed by atoms with Gasteiger partial charge in [0.25, 0.3) is 0 Å². The van der Waals surface area contributed by atoms with Gasteiger partial charge in [-0.3, -0.25) is 9.78 Å². The number of fused-ring (bicyclic) bond motifs is 2. The van der Waals surface area contributed by atoms with Gasteiger partial charge in [0.1, 0.15) is 35.2 Å². The van der Waals surface area contributed by atoms with Gasteiger partial charge in [-0.05, 0) is 29.0 Å². The Morgan fingerprint density at radius 2 is 2.03 bits per heavy atom. The van der Waals surface area contributed by atoms with Crippen LogP contribution in [0.25, 0.3) is 37.8 Å². The van der Waals surface area contributed by atoms with E-state index in [0.717, 1.165) is 5.39 Å². The molecule has 0 saturated carbocycles. The monoisotopic (exact) mass is 470 g/mol. The van der Waals surface area contributed by atoms with Crippen molar-refractivity contribution in [3.8, 4) is 11.3 Å². The van der Waals surface area contributed by atoms with Crippen molar-refractivity contribution in [2.45, 2.75) is 6.04 Å². The highest BCUT2D eigenvalue weighted by atomic mass is 19.1. The molecule has 0 radical (unpaired) electrons. The summed E-state index contributed by atoms with van der Waals surface area (Å²) in [5.74, 6) is -0.785. The standard InChI is InChI=1S/C26H20F2N6O/c1-3-22(35)34-10-9-33(14-18(34)12-29-2)26-21-13-30-24(23(28)25(21)31-15-32-26)19-6-4-5-16-7-8-17(27)11-20(16)19/h3-8,11,13,15,18H,1,9-10,12,14H2/t18-/m0/s1. The molecule has 9 heteroatoms. The summed E-state index contributed by atoms with van der Waals surface area (Å²) in [4.78, 5) is 32.2. The highest BCUT2D eigenvalue weighted by Gasteiger charge is 2.33. The van der Waals surface area contributed by atoms with E-state index in [1.54, 1.807) is 23.1 Å². The fraction of sp³-hybridized carbons (Fsp3) is 0.192. The van der Waals surface area contributed by atoms with Gasteiger partial charge in [-0.25, -0.2) is 25.3 Å². The average molecular weight is 470 g/mol. The molecule has 0 aliphatic carbocycles. The van der Waals surface area contributed by atoms with Crippen molar-refractivity contribution in [1.82, 2.24) is 19.9 Å². The molecule has 0 spiro atoms. The second-order valence-corrected chi connectivity index (χ2v) is 8.23. The van der Waals surface area contributed by atoms with E-state index >= 15 is 4.39 Å². The third-order valence-electron chi connectivity index (χ3n) is 6.24. The third kappa shape index (κ3) is 3.93. The molecular weight excluding hydrogens is 450 g/mol. The van der Waals surface area contributed by atoms with E-state index in [4.69, 9.17) is 6.57 Å². The van der Waals surface area contributed by atoms with Gasteiger partial charge in [-0.1, -0.05) is 30.8 Å². The topological polar surface area (TPSA) is 66.6 Å². The minimum Gasteiger partial charge on any atom is -0.352 e. The van der Waals surface area contributed by atoms with Crippen LogP contribution in [-0.4, -0.2) is 58.0 Å². The summed E-state index contributed by atoms with van der Waals surface area (Å²) in [5.41, 5.74) is 0.639. The van der Waals surface area contributed by atoms with Gasteiger partial charge in [0.15, 0.2) is 5.82 Å². The van der Waals surface area contributed by atoms with Crippen LogP contribution in [0.5, 0.6) is 0 Å². The average Bonchev–Trinajstić information content (AvgIpc) is 2.88. The van der Waals surface area contributed by atoms with E-state index in [0.29, 0.717) is 41.8 Å². The maximum atomic E-state index is 15.8. The summed E-state index contributed by atoms with van der Waals surface area (Å²) in [7, 11) is 0. The van der Waals surface area contributed by atoms with Crippen LogP contribution in [0.15, 0.2) is 61.6 Å². The summed E-state index contributed by atoms with van der Waals surface area (Å²) in [6.07, 6.45) is 4.05. The van der Waals surface area contributed by atoms with Gasteiger partial charge in [-0.15, -0.1) is 0 Å². The van der Waals surface area contributed by atoms with Crippen molar-refractivity contribution < 1.29 is 13.6 Å². The van der Waals surface area contributed by atoms with Crippen molar-refractivity contribution in [2.24, 2.45) is 0 Å². The molecule has 1 fully saturated rings. The molecule has 35 heavy (non-hydrogen) atoms. The number of piperazine rings is 1. The lowest BCUT2D eigenvalue weighted by molar-refractivity contribution is -0.128. The van der Waals surface area contributed by atoms with E-state index in [1.165, 1.54) is 30.7 Å². The van der Waals surface area contributed by atoms with E-state index in [9.17, 15) is 9.18 Å². The molecule has 0 N–H and O–H groups in total. The summed E-state index contributed by atoms with van der Waals surface area (Å²) >= 11 is 0. The summed E-state index contributed by atoms with van der Waals surface area (Å²) < 4.78 is 29.7. The Hall–Kier alpha value is -4.45. The molecule has 1 saturated heterocycles. The Balaban J connectivity index is 1.57. The number of benzene rings is 2. The maximum Gasteiger partial charge on any atom is 0.246 e. The van der Waals surface area contributed by atoms with Crippen molar-refractivity contribution in [3.63, 3.8) is 0 Å². The molecule has 3 heterocycles. The third-order valence-corrected chi connectivity index (χ3v) is 6.24. The zero-order chi connectivity index (χ0) is 24.5. The van der Waals surface area contributed by atoms with Crippen molar-refractivity contribution in [1.29, 1.82) is 0 Å². The van der Waals surface area contributed by atoms with Crippen LogP contribution in [0.2, 0.25) is 0 Å². The van der Waals surface area contributed by atoms with Gasteiger partial charge in [0.05, 0.1) is 5.39 Å². The van der Waals surface area contributed by atoms with Gasteiger partial charge < -0.3 is 14.6 Å². The highest BCUT2D eigenvalue weighted by molar-refractivity contribution is 5.99. The van der Waals surface area contributed by atoms with Crippen molar-refractivity contribution in [3.05, 3.63) is 84.6 Å². The molecule has 0 bridgehead atoms. The van der Waals surface area contributed by atoms with Crippen LogP contribution in [0.1, 0.15) is 0 Å². The first-order chi connectivity index (χ1) is 17.0. The number of hydrogen-bond donors (Lipinski definition) is 0. The number of nitrogens with zero attached hydrogens (tertiary/aromatic N) is 6. The first-order valence-corrected chi connectivity index (χ1v) is 11.0. The molecule has 2 aromatic heterocycles.